The van der Waals surface area contributed by atoms with E-state index in [4.69, 9.17) is 46.4 Å². The zero-order chi connectivity index (χ0) is 21.2. The van der Waals surface area contributed by atoms with Gasteiger partial charge in [0.1, 0.15) is 0 Å². The second kappa shape index (κ2) is 11.8. The minimum Gasteiger partial charge on any atom is -0.273 e. The number of hydrazone groups is 2. The highest BCUT2D eigenvalue weighted by atomic mass is 35.5. The fraction of sp³-hybridized carbons (Fsp3) is 0.158. The predicted molar refractivity (Wildman–Crippen MR) is 118 cm³/mol. The van der Waals surface area contributed by atoms with E-state index in [0.29, 0.717) is 37.6 Å². The number of halogens is 4. The van der Waals surface area contributed by atoms with E-state index in [9.17, 15) is 9.59 Å². The number of amides is 2. The van der Waals surface area contributed by atoms with Gasteiger partial charge in [-0.3, -0.25) is 9.59 Å². The summed E-state index contributed by atoms with van der Waals surface area (Å²) in [6, 6.07) is 9.85. The minimum atomic E-state index is -0.324. The fourth-order valence-electron chi connectivity index (χ4n) is 2.08. The topological polar surface area (TPSA) is 82.9 Å². The van der Waals surface area contributed by atoms with Crippen molar-refractivity contribution in [2.24, 2.45) is 10.2 Å². The summed E-state index contributed by atoms with van der Waals surface area (Å²) in [5.74, 6) is -0.647. The molecule has 0 saturated carbocycles. The standard InChI is InChI=1S/C19H16Cl4N4O2/c20-14-6-4-12(16(22)8-14)10-24-26-18(28)2-1-3-19(29)27-25-11-13-5-7-15(21)9-17(13)23/h4-11H,1-3H2,(H,26,28)(H,27,29)/b24-10+,25-11+. The van der Waals surface area contributed by atoms with Crippen LogP contribution >= 0.6 is 46.4 Å². The maximum absolute atomic E-state index is 11.8. The van der Waals surface area contributed by atoms with E-state index in [-0.39, 0.29) is 24.7 Å². The molecule has 0 heterocycles. The first kappa shape index (κ1) is 23.2. The summed E-state index contributed by atoms with van der Waals surface area (Å²) in [4.78, 5) is 23.5. The minimum absolute atomic E-state index is 0.131. The van der Waals surface area contributed by atoms with E-state index in [2.05, 4.69) is 21.1 Å². The third-order valence-electron chi connectivity index (χ3n) is 3.52. The van der Waals surface area contributed by atoms with Crippen LogP contribution in [0.15, 0.2) is 46.6 Å². The molecule has 0 atom stereocenters. The molecule has 6 nitrogen and oxygen atoms in total. The van der Waals surface area contributed by atoms with E-state index in [0.717, 1.165) is 0 Å². The molecule has 0 aromatic heterocycles. The van der Waals surface area contributed by atoms with Gasteiger partial charge in [-0.25, -0.2) is 10.9 Å². The highest BCUT2D eigenvalue weighted by molar-refractivity contribution is 6.36. The van der Waals surface area contributed by atoms with Gasteiger partial charge in [-0.1, -0.05) is 58.5 Å². The number of nitrogens with zero attached hydrogens (tertiary/aromatic N) is 2. The van der Waals surface area contributed by atoms with E-state index < -0.39 is 0 Å². The van der Waals surface area contributed by atoms with Gasteiger partial charge in [0.2, 0.25) is 11.8 Å². The second-order valence-corrected chi connectivity index (χ2v) is 7.46. The molecule has 0 unspecified atom stereocenters. The van der Waals surface area contributed by atoms with Gasteiger partial charge in [-0.2, -0.15) is 10.2 Å². The average molecular weight is 474 g/mol. The number of carbonyl (C=O) groups is 2. The van der Waals surface area contributed by atoms with Crippen LogP contribution in [0.3, 0.4) is 0 Å². The molecular weight excluding hydrogens is 458 g/mol. The molecule has 2 aromatic carbocycles. The Morgan fingerprint density at radius 1 is 0.759 bits per heavy atom. The Morgan fingerprint density at radius 2 is 1.17 bits per heavy atom. The molecule has 0 aliphatic rings. The monoisotopic (exact) mass is 472 g/mol. The molecule has 0 radical (unpaired) electrons. The Morgan fingerprint density at radius 3 is 1.55 bits per heavy atom. The van der Waals surface area contributed by atoms with Crippen LogP contribution in [-0.2, 0) is 9.59 Å². The second-order valence-electron chi connectivity index (χ2n) is 5.77. The third kappa shape index (κ3) is 8.41. The number of benzene rings is 2. The Labute approximate surface area is 187 Å². The molecule has 2 aromatic rings. The normalized spacial score (nSPS) is 11.2. The van der Waals surface area contributed by atoms with Crippen LogP contribution in [0.2, 0.25) is 20.1 Å². The predicted octanol–water partition coefficient (Wildman–Crippen LogP) is 5.07. The van der Waals surface area contributed by atoms with E-state index in [1.54, 1.807) is 36.4 Å². The lowest BCUT2D eigenvalue weighted by molar-refractivity contribution is -0.122. The molecule has 0 saturated heterocycles. The van der Waals surface area contributed by atoms with Crippen molar-refractivity contribution in [1.29, 1.82) is 0 Å². The fourth-order valence-corrected chi connectivity index (χ4v) is 3.00. The van der Waals surface area contributed by atoms with Crippen LogP contribution in [0, 0.1) is 0 Å². The van der Waals surface area contributed by atoms with Crippen molar-refractivity contribution in [3.63, 3.8) is 0 Å². The molecular formula is C19H16Cl4N4O2. The van der Waals surface area contributed by atoms with Gasteiger partial charge in [0.25, 0.3) is 0 Å². The van der Waals surface area contributed by atoms with Crippen LogP contribution in [-0.4, -0.2) is 24.2 Å². The molecule has 29 heavy (non-hydrogen) atoms. The Hall–Kier alpha value is -2.12. The zero-order valence-corrected chi connectivity index (χ0v) is 18.0. The maximum atomic E-state index is 11.8. The SMILES string of the molecule is O=C(CCCC(=O)N/N=C/c1ccc(Cl)cc1Cl)N/N=C/c1ccc(Cl)cc1Cl. The highest BCUT2D eigenvalue weighted by Crippen LogP contribution is 2.20. The number of hydrogen-bond acceptors (Lipinski definition) is 4. The number of hydrogen-bond donors (Lipinski definition) is 2. The van der Waals surface area contributed by atoms with Crippen LogP contribution in [0.5, 0.6) is 0 Å². The largest absolute Gasteiger partial charge is 0.273 e. The van der Waals surface area contributed by atoms with Gasteiger partial charge in [0.05, 0.1) is 22.5 Å². The summed E-state index contributed by atoms with van der Waals surface area (Å²) in [5, 5.41) is 9.52. The first-order valence-electron chi connectivity index (χ1n) is 8.39. The molecule has 0 fully saturated rings. The molecule has 0 spiro atoms. The van der Waals surface area contributed by atoms with Gasteiger partial charge in [-0.05, 0) is 30.7 Å². The highest BCUT2D eigenvalue weighted by Gasteiger charge is 2.05. The smallest absolute Gasteiger partial charge is 0.240 e. The lowest BCUT2D eigenvalue weighted by atomic mass is 10.2. The molecule has 10 heteroatoms. The molecule has 0 aliphatic carbocycles. The van der Waals surface area contributed by atoms with Gasteiger partial charge in [0.15, 0.2) is 0 Å². The molecule has 0 aliphatic heterocycles. The van der Waals surface area contributed by atoms with E-state index >= 15 is 0 Å². The van der Waals surface area contributed by atoms with Crippen LogP contribution in [0.25, 0.3) is 0 Å². The quantitative estimate of drug-likeness (QED) is 0.414. The first-order chi connectivity index (χ1) is 13.8. The molecule has 152 valence electrons. The maximum Gasteiger partial charge on any atom is 0.240 e. The summed E-state index contributed by atoms with van der Waals surface area (Å²) in [5.41, 5.74) is 5.99. The van der Waals surface area contributed by atoms with Crippen LogP contribution in [0.4, 0.5) is 0 Å². The molecule has 0 bridgehead atoms. The summed E-state index contributed by atoms with van der Waals surface area (Å²) < 4.78 is 0. The van der Waals surface area contributed by atoms with Crippen molar-refractivity contribution in [3.8, 4) is 0 Å². The Balaban J connectivity index is 1.68. The number of nitrogens with one attached hydrogen (secondary N) is 2. The van der Waals surface area contributed by atoms with E-state index in [1.807, 2.05) is 0 Å². The molecule has 2 rings (SSSR count). The summed E-state index contributed by atoms with van der Waals surface area (Å²) >= 11 is 23.6. The Bertz CT molecular complexity index is 872. The first-order valence-corrected chi connectivity index (χ1v) is 9.90. The van der Waals surface area contributed by atoms with Crippen LogP contribution < -0.4 is 10.9 Å². The third-order valence-corrected chi connectivity index (χ3v) is 4.64. The summed E-state index contributed by atoms with van der Waals surface area (Å²) in [6.07, 6.45) is 3.43. The summed E-state index contributed by atoms with van der Waals surface area (Å²) in [7, 11) is 0. The zero-order valence-electron chi connectivity index (χ0n) is 15.0. The van der Waals surface area contributed by atoms with Gasteiger partial charge < -0.3 is 0 Å². The van der Waals surface area contributed by atoms with Gasteiger partial charge >= 0.3 is 0 Å². The van der Waals surface area contributed by atoms with Crippen molar-refractivity contribution in [1.82, 2.24) is 10.9 Å². The van der Waals surface area contributed by atoms with Gasteiger partial charge in [0, 0.05) is 34.0 Å². The molecule has 2 N–H and O–H groups in total. The lowest BCUT2D eigenvalue weighted by Gasteiger charge is -2.02. The molecule has 2 amide bonds. The average Bonchev–Trinajstić information content (AvgIpc) is 2.65. The number of rotatable bonds is 8. The van der Waals surface area contributed by atoms with Crippen molar-refractivity contribution < 1.29 is 9.59 Å². The summed E-state index contributed by atoms with van der Waals surface area (Å²) in [6.45, 7) is 0. The van der Waals surface area contributed by atoms with Gasteiger partial charge in [-0.15, -0.1) is 0 Å². The van der Waals surface area contributed by atoms with E-state index in [1.165, 1.54) is 12.4 Å². The Kier molecular flexibility index (Phi) is 9.41. The number of carbonyl (C=O) groups excluding carboxylic acids is 2. The van der Waals surface area contributed by atoms with Crippen LogP contribution in [0.1, 0.15) is 30.4 Å². The lowest BCUT2D eigenvalue weighted by Crippen LogP contribution is -2.20. The van der Waals surface area contributed by atoms with Crippen molar-refractivity contribution in [2.45, 2.75) is 19.3 Å². The van der Waals surface area contributed by atoms with Crippen molar-refractivity contribution in [3.05, 3.63) is 67.6 Å². The van der Waals surface area contributed by atoms with Crippen molar-refractivity contribution >= 4 is 70.6 Å². The van der Waals surface area contributed by atoms with Crippen molar-refractivity contribution in [2.75, 3.05) is 0 Å².